The fourth-order valence-electron chi connectivity index (χ4n) is 2.27. The molecule has 0 saturated heterocycles. The Kier molecular flexibility index (Phi) is 7.51. The van der Waals surface area contributed by atoms with Crippen LogP contribution in [0.3, 0.4) is 0 Å². The van der Waals surface area contributed by atoms with Gasteiger partial charge in [0, 0.05) is 11.6 Å². The van der Waals surface area contributed by atoms with Crippen LogP contribution in [0.25, 0.3) is 0 Å². The molecule has 0 bridgehead atoms. The van der Waals surface area contributed by atoms with Crippen LogP contribution in [-0.2, 0) is 0 Å². The number of rotatable bonds is 9. The first-order valence-corrected chi connectivity index (χ1v) is 7.28. The molecule has 18 heavy (non-hydrogen) atoms. The third-order valence-electron chi connectivity index (χ3n) is 3.14. The Morgan fingerprint density at radius 2 is 1.89 bits per heavy atom. The molecular formula is C16H27NO. The zero-order valence-electron chi connectivity index (χ0n) is 12.0. The smallest absolute Gasteiger partial charge is 0.124 e. The van der Waals surface area contributed by atoms with Gasteiger partial charge in [-0.05, 0) is 26.0 Å². The van der Waals surface area contributed by atoms with Crippen LogP contribution in [0, 0.1) is 0 Å². The average Bonchev–Trinajstić information content (AvgIpc) is 2.39. The molecule has 0 aliphatic rings. The van der Waals surface area contributed by atoms with Gasteiger partial charge >= 0.3 is 0 Å². The zero-order chi connectivity index (χ0) is 13.2. The number of ether oxygens (including phenoxy) is 1. The van der Waals surface area contributed by atoms with Gasteiger partial charge in [0.05, 0.1) is 6.61 Å². The van der Waals surface area contributed by atoms with Gasteiger partial charge in [0.15, 0.2) is 0 Å². The van der Waals surface area contributed by atoms with Gasteiger partial charge in [0.25, 0.3) is 0 Å². The molecule has 1 N–H and O–H groups in total. The number of para-hydroxylation sites is 1. The molecule has 0 aliphatic heterocycles. The highest BCUT2D eigenvalue weighted by Crippen LogP contribution is 2.28. The zero-order valence-corrected chi connectivity index (χ0v) is 12.0. The first-order chi connectivity index (χ1) is 8.83. The summed E-state index contributed by atoms with van der Waals surface area (Å²) in [4.78, 5) is 0. The minimum atomic E-state index is 0.421. The molecule has 102 valence electrons. The summed E-state index contributed by atoms with van der Waals surface area (Å²) in [7, 11) is 0. The summed E-state index contributed by atoms with van der Waals surface area (Å²) < 4.78 is 5.73. The van der Waals surface area contributed by atoms with Crippen molar-refractivity contribution in [2.45, 2.75) is 52.5 Å². The lowest BCUT2D eigenvalue weighted by Crippen LogP contribution is -2.21. The summed E-state index contributed by atoms with van der Waals surface area (Å²) in [5, 5.41) is 3.58. The summed E-state index contributed by atoms with van der Waals surface area (Å²) in [5.41, 5.74) is 1.30. The van der Waals surface area contributed by atoms with Gasteiger partial charge < -0.3 is 10.1 Å². The maximum Gasteiger partial charge on any atom is 0.124 e. The van der Waals surface area contributed by atoms with E-state index in [1.54, 1.807) is 0 Å². The molecule has 2 nitrogen and oxygen atoms in total. The first kappa shape index (κ1) is 15.0. The monoisotopic (exact) mass is 249 g/mol. The van der Waals surface area contributed by atoms with Crippen molar-refractivity contribution in [2.24, 2.45) is 0 Å². The molecule has 0 aromatic heterocycles. The van der Waals surface area contributed by atoms with E-state index in [0.29, 0.717) is 6.04 Å². The highest BCUT2D eigenvalue weighted by Gasteiger charge is 2.14. The van der Waals surface area contributed by atoms with E-state index >= 15 is 0 Å². The molecule has 1 unspecified atom stereocenters. The molecule has 0 fully saturated rings. The lowest BCUT2D eigenvalue weighted by atomic mass is 9.99. The highest BCUT2D eigenvalue weighted by atomic mass is 16.5. The molecule has 0 radical (unpaired) electrons. The molecular weight excluding hydrogens is 222 g/mol. The summed E-state index contributed by atoms with van der Waals surface area (Å²) in [6, 6.07) is 8.82. The Hall–Kier alpha value is -1.02. The van der Waals surface area contributed by atoms with E-state index in [9.17, 15) is 0 Å². The third-order valence-corrected chi connectivity index (χ3v) is 3.14. The second-order valence-corrected chi connectivity index (χ2v) is 4.58. The van der Waals surface area contributed by atoms with E-state index in [-0.39, 0.29) is 0 Å². The number of benzene rings is 1. The molecule has 1 aromatic carbocycles. The molecule has 2 heteroatoms. The summed E-state index contributed by atoms with van der Waals surface area (Å²) in [6.45, 7) is 8.17. The average molecular weight is 249 g/mol. The Labute approximate surface area is 112 Å². The largest absolute Gasteiger partial charge is 0.494 e. The summed E-state index contributed by atoms with van der Waals surface area (Å²) in [5.74, 6) is 1.03. The first-order valence-electron chi connectivity index (χ1n) is 7.28. The Morgan fingerprint density at radius 1 is 1.11 bits per heavy atom. The molecule has 0 saturated carbocycles. The van der Waals surface area contributed by atoms with Gasteiger partial charge in [-0.3, -0.25) is 0 Å². The van der Waals surface area contributed by atoms with Crippen molar-refractivity contribution >= 4 is 0 Å². The van der Waals surface area contributed by atoms with Gasteiger partial charge in [-0.15, -0.1) is 0 Å². The van der Waals surface area contributed by atoms with Crippen LogP contribution in [0.2, 0.25) is 0 Å². The van der Waals surface area contributed by atoms with Gasteiger partial charge in [-0.25, -0.2) is 0 Å². The Bertz CT molecular complexity index is 325. The SMILES string of the molecule is CCCCCC(NCC)c1ccccc1OCC. The Balaban J connectivity index is 2.76. The normalized spacial score (nSPS) is 12.4. The molecule has 0 aliphatic carbocycles. The summed E-state index contributed by atoms with van der Waals surface area (Å²) in [6.07, 6.45) is 5.03. The molecule has 0 spiro atoms. The van der Waals surface area contributed by atoms with Crippen LogP contribution in [0.5, 0.6) is 5.75 Å². The van der Waals surface area contributed by atoms with Gasteiger partial charge in [0.1, 0.15) is 5.75 Å². The summed E-state index contributed by atoms with van der Waals surface area (Å²) >= 11 is 0. The van der Waals surface area contributed by atoms with Crippen molar-refractivity contribution in [3.63, 3.8) is 0 Å². The van der Waals surface area contributed by atoms with Gasteiger partial charge in [-0.1, -0.05) is 51.3 Å². The topological polar surface area (TPSA) is 21.3 Å². The lowest BCUT2D eigenvalue weighted by molar-refractivity contribution is 0.329. The van der Waals surface area contributed by atoms with Crippen molar-refractivity contribution in [3.8, 4) is 5.75 Å². The lowest BCUT2D eigenvalue weighted by Gasteiger charge is -2.21. The number of hydrogen-bond donors (Lipinski definition) is 1. The van der Waals surface area contributed by atoms with E-state index in [1.807, 2.05) is 13.0 Å². The van der Waals surface area contributed by atoms with Crippen molar-refractivity contribution in [2.75, 3.05) is 13.2 Å². The standard InChI is InChI=1S/C16H27NO/c1-4-7-8-12-15(17-5-2)14-11-9-10-13-16(14)18-6-3/h9-11,13,15,17H,4-8,12H2,1-3H3. The van der Waals surface area contributed by atoms with Crippen LogP contribution in [0.1, 0.15) is 58.1 Å². The second kappa shape index (κ2) is 8.98. The quantitative estimate of drug-likeness (QED) is 0.658. The third kappa shape index (κ3) is 4.69. The van der Waals surface area contributed by atoms with Crippen LogP contribution in [0.15, 0.2) is 24.3 Å². The van der Waals surface area contributed by atoms with Crippen molar-refractivity contribution < 1.29 is 4.74 Å². The second-order valence-electron chi connectivity index (χ2n) is 4.58. The van der Waals surface area contributed by atoms with Gasteiger partial charge in [0.2, 0.25) is 0 Å². The molecule has 1 aromatic rings. The van der Waals surface area contributed by atoms with Crippen LogP contribution in [0.4, 0.5) is 0 Å². The predicted octanol–water partition coefficient (Wildman–Crippen LogP) is 4.32. The highest BCUT2D eigenvalue weighted by molar-refractivity contribution is 5.35. The van der Waals surface area contributed by atoms with Crippen molar-refractivity contribution in [1.82, 2.24) is 5.32 Å². The van der Waals surface area contributed by atoms with E-state index in [2.05, 4.69) is 37.4 Å². The maximum absolute atomic E-state index is 5.73. The minimum absolute atomic E-state index is 0.421. The van der Waals surface area contributed by atoms with Crippen LogP contribution >= 0.6 is 0 Å². The van der Waals surface area contributed by atoms with Crippen molar-refractivity contribution in [3.05, 3.63) is 29.8 Å². The fourth-order valence-corrected chi connectivity index (χ4v) is 2.27. The van der Waals surface area contributed by atoms with Crippen molar-refractivity contribution in [1.29, 1.82) is 0 Å². The van der Waals surface area contributed by atoms with E-state index in [1.165, 1.54) is 31.2 Å². The van der Waals surface area contributed by atoms with E-state index in [4.69, 9.17) is 4.74 Å². The van der Waals surface area contributed by atoms with E-state index in [0.717, 1.165) is 18.9 Å². The van der Waals surface area contributed by atoms with Crippen LogP contribution < -0.4 is 10.1 Å². The minimum Gasteiger partial charge on any atom is -0.494 e. The molecule has 1 rings (SSSR count). The predicted molar refractivity (Wildman–Crippen MR) is 78.2 cm³/mol. The van der Waals surface area contributed by atoms with E-state index < -0.39 is 0 Å². The maximum atomic E-state index is 5.73. The fraction of sp³-hybridized carbons (Fsp3) is 0.625. The van der Waals surface area contributed by atoms with Gasteiger partial charge in [-0.2, -0.15) is 0 Å². The molecule has 1 atom stereocenters. The van der Waals surface area contributed by atoms with Crippen LogP contribution in [-0.4, -0.2) is 13.2 Å². The number of hydrogen-bond acceptors (Lipinski definition) is 2. The Morgan fingerprint density at radius 3 is 2.56 bits per heavy atom. The molecule has 0 heterocycles. The number of nitrogens with one attached hydrogen (secondary N) is 1. The molecule has 0 amide bonds. The number of unbranched alkanes of at least 4 members (excludes halogenated alkanes) is 2.